The summed E-state index contributed by atoms with van der Waals surface area (Å²) in [5.41, 5.74) is 1.92. The molecule has 1 N–H and O–H groups in total. The van der Waals surface area contributed by atoms with Crippen LogP contribution in [0, 0.1) is 11.6 Å². The van der Waals surface area contributed by atoms with Crippen molar-refractivity contribution in [2.24, 2.45) is 0 Å². The molecule has 0 spiro atoms. The van der Waals surface area contributed by atoms with Crippen LogP contribution < -0.4 is 10.1 Å². The number of thiazole rings is 1. The van der Waals surface area contributed by atoms with Crippen LogP contribution in [0.4, 0.5) is 19.6 Å². The minimum absolute atomic E-state index is 0.527. The maximum atomic E-state index is 13.4. The lowest BCUT2D eigenvalue weighted by Gasteiger charge is -2.08. The zero-order chi connectivity index (χ0) is 18.6. The number of rotatable bonds is 5. The fraction of sp³-hybridized carbons (Fsp3) is 0. The van der Waals surface area contributed by atoms with E-state index in [1.54, 1.807) is 5.38 Å². The number of hydrogen-bond donors (Lipinski definition) is 1. The van der Waals surface area contributed by atoms with Crippen LogP contribution in [-0.2, 0) is 0 Å². The summed E-state index contributed by atoms with van der Waals surface area (Å²) >= 11 is 1.38. The monoisotopic (exact) mass is 380 g/mol. The zero-order valence-corrected chi connectivity index (χ0v) is 14.8. The van der Waals surface area contributed by atoms with Gasteiger partial charge in [0.25, 0.3) is 0 Å². The molecule has 0 amide bonds. The largest absolute Gasteiger partial charge is 0.457 e. The summed E-state index contributed by atoms with van der Waals surface area (Å²) in [4.78, 5) is 4.44. The molecule has 0 fully saturated rings. The topological polar surface area (TPSA) is 34.1 Å². The first kappa shape index (κ1) is 17.2. The van der Waals surface area contributed by atoms with Gasteiger partial charge in [-0.2, -0.15) is 0 Å². The van der Waals surface area contributed by atoms with Crippen molar-refractivity contribution in [3.05, 3.63) is 89.8 Å². The van der Waals surface area contributed by atoms with Crippen molar-refractivity contribution < 1.29 is 13.5 Å². The van der Waals surface area contributed by atoms with E-state index < -0.39 is 11.6 Å². The number of benzene rings is 3. The van der Waals surface area contributed by atoms with Crippen molar-refractivity contribution in [3.63, 3.8) is 0 Å². The average Bonchev–Trinajstić information content (AvgIpc) is 3.13. The molecule has 0 atom stereocenters. The van der Waals surface area contributed by atoms with Crippen LogP contribution in [0.15, 0.2) is 78.2 Å². The molecule has 0 aliphatic carbocycles. The molecule has 6 heteroatoms. The molecule has 1 heterocycles. The van der Waals surface area contributed by atoms with Crippen molar-refractivity contribution in [1.82, 2.24) is 4.98 Å². The third-order valence-corrected chi connectivity index (χ3v) is 4.54. The minimum atomic E-state index is -0.888. The van der Waals surface area contributed by atoms with E-state index in [9.17, 15) is 8.78 Å². The Kier molecular flexibility index (Phi) is 4.80. The van der Waals surface area contributed by atoms with E-state index in [-0.39, 0.29) is 0 Å². The third-order valence-electron chi connectivity index (χ3n) is 3.78. The van der Waals surface area contributed by atoms with Gasteiger partial charge in [-0.05, 0) is 42.5 Å². The number of anilines is 2. The first-order valence-corrected chi connectivity index (χ1v) is 9.06. The molecule has 4 rings (SSSR count). The average molecular weight is 380 g/mol. The molecule has 3 nitrogen and oxygen atoms in total. The van der Waals surface area contributed by atoms with Crippen molar-refractivity contribution >= 4 is 22.2 Å². The van der Waals surface area contributed by atoms with Crippen LogP contribution in [0.1, 0.15) is 0 Å². The predicted molar refractivity (Wildman–Crippen MR) is 104 cm³/mol. The maximum absolute atomic E-state index is 13.4. The summed E-state index contributed by atoms with van der Waals surface area (Å²) < 4.78 is 32.3. The van der Waals surface area contributed by atoms with E-state index in [2.05, 4.69) is 10.3 Å². The molecule has 0 saturated heterocycles. The van der Waals surface area contributed by atoms with Crippen LogP contribution in [0.2, 0.25) is 0 Å². The molecule has 0 unspecified atom stereocenters. The highest BCUT2D eigenvalue weighted by Crippen LogP contribution is 2.30. The van der Waals surface area contributed by atoms with E-state index >= 15 is 0 Å². The second-order valence-electron chi connectivity index (χ2n) is 5.73. The van der Waals surface area contributed by atoms with Gasteiger partial charge < -0.3 is 10.1 Å². The van der Waals surface area contributed by atoms with Gasteiger partial charge in [0.05, 0.1) is 5.69 Å². The van der Waals surface area contributed by atoms with Crippen molar-refractivity contribution in [2.45, 2.75) is 0 Å². The van der Waals surface area contributed by atoms with E-state index in [4.69, 9.17) is 4.74 Å². The molecule has 1 aromatic heterocycles. The normalized spacial score (nSPS) is 10.6. The SMILES string of the molecule is Fc1ccc(-c2csc(Nc3cccc(Oc4ccccc4)c3)n2)cc1F. The van der Waals surface area contributed by atoms with Crippen molar-refractivity contribution in [1.29, 1.82) is 0 Å². The van der Waals surface area contributed by atoms with Gasteiger partial charge in [0.15, 0.2) is 16.8 Å². The predicted octanol–water partition coefficient (Wildman–Crippen LogP) is 6.62. The Bertz CT molecular complexity index is 1070. The second-order valence-corrected chi connectivity index (χ2v) is 6.59. The number of nitrogens with zero attached hydrogens (tertiary/aromatic N) is 1. The minimum Gasteiger partial charge on any atom is -0.457 e. The number of hydrogen-bond acceptors (Lipinski definition) is 4. The molecule has 27 heavy (non-hydrogen) atoms. The van der Waals surface area contributed by atoms with Gasteiger partial charge in [0.1, 0.15) is 11.5 Å². The first-order valence-electron chi connectivity index (χ1n) is 8.18. The summed E-state index contributed by atoms with van der Waals surface area (Å²) in [5.74, 6) is -0.309. The standard InChI is InChI=1S/C21H14F2N2OS/c22-18-10-9-14(11-19(18)23)20-13-27-21(25-20)24-15-5-4-8-17(12-15)26-16-6-2-1-3-7-16/h1-13H,(H,24,25). The van der Waals surface area contributed by atoms with Crippen LogP contribution in [0.5, 0.6) is 11.5 Å². The van der Waals surface area contributed by atoms with Gasteiger partial charge in [-0.3, -0.25) is 0 Å². The Morgan fingerprint density at radius 3 is 2.44 bits per heavy atom. The Morgan fingerprint density at radius 2 is 1.63 bits per heavy atom. The lowest BCUT2D eigenvalue weighted by Crippen LogP contribution is -1.91. The lowest BCUT2D eigenvalue weighted by atomic mass is 10.2. The van der Waals surface area contributed by atoms with Gasteiger partial charge in [0, 0.05) is 22.7 Å². The molecule has 0 bridgehead atoms. The van der Waals surface area contributed by atoms with Gasteiger partial charge in [-0.25, -0.2) is 13.8 Å². The van der Waals surface area contributed by atoms with Gasteiger partial charge in [-0.1, -0.05) is 24.3 Å². The van der Waals surface area contributed by atoms with Crippen LogP contribution in [0.3, 0.4) is 0 Å². The number of nitrogens with one attached hydrogen (secondary N) is 1. The molecule has 0 aliphatic heterocycles. The smallest absolute Gasteiger partial charge is 0.187 e. The van der Waals surface area contributed by atoms with Gasteiger partial charge >= 0.3 is 0 Å². The highest BCUT2D eigenvalue weighted by molar-refractivity contribution is 7.14. The zero-order valence-electron chi connectivity index (χ0n) is 14.0. The fourth-order valence-corrected chi connectivity index (χ4v) is 3.24. The number of para-hydroxylation sites is 1. The Hall–Kier alpha value is -3.25. The Balaban J connectivity index is 1.50. The van der Waals surface area contributed by atoms with E-state index in [0.717, 1.165) is 23.6 Å². The van der Waals surface area contributed by atoms with E-state index in [1.807, 2.05) is 54.6 Å². The first-order chi connectivity index (χ1) is 13.2. The molecular formula is C21H14F2N2OS. The van der Waals surface area contributed by atoms with Crippen LogP contribution >= 0.6 is 11.3 Å². The van der Waals surface area contributed by atoms with Crippen LogP contribution in [0.25, 0.3) is 11.3 Å². The van der Waals surface area contributed by atoms with E-state index in [0.29, 0.717) is 22.1 Å². The van der Waals surface area contributed by atoms with E-state index in [1.165, 1.54) is 17.4 Å². The molecule has 4 aromatic rings. The maximum Gasteiger partial charge on any atom is 0.187 e. The summed E-state index contributed by atoms with van der Waals surface area (Å²) in [6.07, 6.45) is 0. The Morgan fingerprint density at radius 1 is 0.815 bits per heavy atom. The van der Waals surface area contributed by atoms with Crippen LogP contribution in [-0.4, -0.2) is 4.98 Å². The highest BCUT2D eigenvalue weighted by Gasteiger charge is 2.09. The number of halogens is 2. The Labute approximate surface area is 158 Å². The quantitative estimate of drug-likeness (QED) is 0.422. The van der Waals surface area contributed by atoms with Crippen molar-refractivity contribution in [3.8, 4) is 22.8 Å². The summed E-state index contributed by atoms with van der Waals surface area (Å²) in [5, 5.41) is 5.64. The number of aromatic nitrogens is 1. The van der Waals surface area contributed by atoms with Gasteiger partial charge in [0.2, 0.25) is 0 Å². The number of ether oxygens (including phenoxy) is 1. The summed E-state index contributed by atoms with van der Waals surface area (Å²) in [7, 11) is 0. The molecule has 0 aliphatic rings. The fourth-order valence-electron chi connectivity index (χ4n) is 2.50. The highest BCUT2D eigenvalue weighted by atomic mass is 32.1. The molecule has 3 aromatic carbocycles. The summed E-state index contributed by atoms with van der Waals surface area (Å²) in [6.45, 7) is 0. The second kappa shape index (κ2) is 7.55. The van der Waals surface area contributed by atoms with Crippen molar-refractivity contribution in [2.75, 3.05) is 5.32 Å². The molecule has 0 radical (unpaired) electrons. The molecular weight excluding hydrogens is 366 g/mol. The molecule has 0 saturated carbocycles. The summed E-state index contributed by atoms with van der Waals surface area (Å²) in [6, 6.07) is 20.8. The lowest BCUT2D eigenvalue weighted by molar-refractivity contribution is 0.483. The third kappa shape index (κ3) is 4.12. The molecule has 134 valence electrons. The van der Waals surface area contributed by atoms with Gasteiger partial charge in [-0.15, -0.1) is 11.3 Å².